The average molecular weight is 394 g/mol. The number of alkyl halides is 1. The first-order valence-corrected chi connectivity index (χ1v) is 10.2. The molecule has 2 heterocycles. The zero-order valence-electron chi connectivity index (χ0n) is 16.0. The van der Waals surface area contributed by atoms with Crippen LogP contribution in [0.15, 0.2) is 71.3 Å². The minimum absolute atomic E-state index is 0.106. The Kier molecular flexibility index (Phi) is 5.49. The summed E-state index contributed by atoms with van der Waals surface area (Å²) in [6.45, 7) is 1.25. The van der Waals surface area contributed by atoms with Gasteiger partial charge in [-0.25, -0.2) is 0 Å². The molecule has 1 amide bonds. The third kappa shape index (κ3) is 3.69. The number of piperidine rings is 1. The standard InChI is InChI=1S/C23H24ClN3O/c1-26-23(18-10-6-3-7-11-18)20-16-27(21(28)12-13-24)15-19(22(20)25-26)14-17-8-4-2-5-9-17/h2-11,14,20,23H,12-13,15-16H2,1H3. The molecule has 2 atom stereocenters. The summed E-state index contributed by atoms with van der Waals surface area (Å²) in [7, 11) is 2.02. The molecule has 0 aliphatic carbocycles. The van der Waals surface area contributed by atoms with Gasteiger partial charge in [0.2, 0.25) is 5.91 Å². The van der Waals surface area contributed by atoms with Gasteiger partial charge < -0.3 is 4.90 Å². The highest BCUT2D eigenvalue weighted by molar-refractivity contribution is 6.19. The van der Waals surface area contributed by atoms with Crippen molar-refractivity contribution in [1.29, 1.82) is 0 Å². The minimum Gasteiger partial charge on any atom is -0.337 e. The van der Waals surface area contributed by atoms with Gasteiger partial charge in [0.1, 0.15) is 0 Å². The Morgan fingerprint density at radius 2 is 1.82 bits per heavy atom. The minimum atomic E-state index is 0.106. The smallest absolute Gasteiger partial charge is 0.224 e. The van der Waals surface area contributed by atoms with Crippen molar-refractivity contribution >= 4 is 29.3 Å². The van der Waals surface area contributed by atoms with Crippen LogP contribution in [-0.4, -0.2) is 47.5 Å². The van der Waals surface area contributed by atoms with Crippen molar-refractivity contribution in [2.45, 2.75) is 12.5 Å². The van der Waals surface area contributed by atoms with Gasteiger partial charge in [-0.2, -0.15) is 5.10 Å². The summed E-state index contributed by atoms with van der Waals surface area (Å²) in [6.07, 6.45) is 2.53. The van der Waals surface area contributed by atoms with Gasteiger partial charge >= 0.3 is 0 Å². The molecule has 144 valence electrons. The second kappa shape index (κ2) is 8.19. The fourth-order valence-corrected chi connectivity index (χ4v) is 4.35. The molecule has 28 heavy (non-hydrogen) atoms. The molecule has 0 spiro atoms. The van der Waals surface area contributed by atoms with E-state index >= 15 is 0 Å². The third-order valence-electron chi connectivity index (χ3n) is 5.45. The van der Waals surface area contributed by atoms with Gasteiger partial charge in [-0.1, -0.05) is 60.7 Å². The van der Waals surface area contributed by atoms with E-state index in [1.165, 1.54) is 5.56 Å². The SMILES string of the molecule is CN1N=C2C(=Cc3ccccc3)CN(C(=O)CCCl)CC2C1c1ccccc1. The zero-order valence-corrected chi connectivity index (χ0v) is 16.7. The molecule has 5 heteroatoms. The molecular formula is C23H24ClN3O. The first-order chi connectivity index (χ1) is 13.7. The number of nitrogens with zero attached hydrogens (tertiary/aromatic N) is 3. The number of amides is 1. The third-order valence-corrected chi connectivity index (χ3v) is 5.64. The summed E-state index contributed by atoms with van der Waals surface area (Å²) < 4.78 is 0. The van der Waals surface area contributed by atoms with Crippen LogP contribution < -0.4 is 0 Å². The molecule has 2 aromatic carbocycles. The van der Waals surface area contributed by atoms with Gasteiger partial charge in [-0.05, 0) is 22.8 Å². The normalized spacial score (nSPS) is 22.9. The van der Waals surface area contributed by atoms with Gasteiger partial charge in [-0.15, -0.1) is 11.6 Å². The predicted octanol–water partition coefficient (Wildman–Crippen LogP) is 4.20. The molecule has 2 unspecified atom stereocenters. The zero-order chi connectivity index (χ0) is 19.5. The molecule has 1 fully saturated rings. The fraction of sp³-hybridized carbons (Fsp3) is 0.304. The molecule has 4 rings (SSSR count). The van der Waals surface area contributed by atoms with E-state index in [4.69, 9.17) is 16.7 Å². The second-order valence-corrected chi connectivity index (χ2v) is 7.69. The molecule has 0 bridgehead atoms. The van der Waals surface area contributed by atoms with Crippen LogP contribution in [0, 0.1) is 5.92 Å². The lowest BCUT2D eigenvalue weighted by molar-refractivity contribution is -0.131. The average Bonchev–Trinajstić information content (AvgIpc) is 3.06. The predicted molar refractivity (Wildman–Crippen MR) is 114 cm³/mol. The first kappa shape index (κ1) is 18.8. The molecule has 0 saturated carbocycles. The van der Waals surface area contributed by atoms with Crippen LogP contribution in [0.2, 0.25) is 0 Å². The molecule has 4 nitrogen and oxygen atoms in total. The van der Waals surface area contributed by atoms with Gasteiger partial charge in [0, 0.05) is 38.4 Å². The fourth-order valence-electron chi connectivity index (χ4n) is 4.19. The van der Waals surface area contributed by atoms with Crippen LogP contribution in [0.1, 0.15) is 23.6 Å². The van der Waals surface area contributed by atoms with Crippen LogP contribution in [-0.2, 0) is 4.79 Å². The van der Waals surface area contributed by atoms with Crippen molar-refractivity contribution in [2.24, 2.45) is 11.0 Å². The number of carbonyl (C=O) groups is 1. The van der Waals surface area contributed by atoms with Crippen LogP contribution >= 0.6 is 11.6 Å². The summed E-state index contributed by atoms with van der Waals surface area (Å²) in [5.41, 5.74) is 4.54. The molecule has 0 radical (unpaired) electrons. The Morgan fingerprint density at radius 1 is 1.14 bits per heavy atom. The van der Waals surface area contributed by atoms with Crippen molar-refractivity contribution in [3.63, 3.8) is 0 Å². The number of fused-ring (bicyclic) bond motifs is 1. The van der Waals surface area contributed by atoms with Crippen molar-refractivity contribution in [2.75, 3.05) is 26.0 Å². The van der Waals surface area contributed by atoms with Crippen LogP contribution in [0.25, 0.3) is 6.08 Å². The highest BCUT2D eigenvalue weighted by Gasteiger charge is 2.43. The first-order valence-electron chi connectivity index (χ1n) is 9.63. The number of rotatable bonds is 4. The van der Waals surface area contributed by atoms with E-state index in [1.807, 2.05) is 41.2 Å². The van der Waals surface area contributed by atoms with Gasteiger partial charge in [0.05, 0.1) is 11.8 Å². The highest BCUT2D eigenvalue weighted by atomic mass is 35.5. The Bertz CT molecular complexity index is 895. The highest BCUT2D eigenvalue weighted by Crippen LogP contribution is 2.40. The van der Waals surface area contributed by atoms with Crippen molar-refractivity contribution in [3.8, 4) is 0 Å². The Labute approximate surface area is 171 Å². The summed E-state index contributed by atoms with van der Waals surface area (Å²) in [4.78, 5) is 14.6. The summed E-state index contributed by atoms with van der Waals surface area (Å²) in [5.74, 6) is 0.602. The molecule has 2 aromatic rings. The van der Waals surface area contributed by atoms with E-state index in [0.717, 1.165) is 16.8 Å². The quantitative estimate of drug-likeness (QED) is 0.730. The maximum Gasteiger partial charge on any atom is 0.224 e. The van der Waals surface area contributed by atoms with E-state index < -0.39 is 0 Å². The number of benzene rings is 2. The number of hydrogen-bond acceptors (Lipinski definition) is 3. The van der Waals surface area contributed by atoms with Gasteiger partial charge in [0.15, 0.2) is 0 Å². The largest absolute Gasteiger partial charge is 0.337 e. The summed E-state index contributed by atoms with van der Waals surface area (Å²) in [5, 5.41) is 6.95. The van der Waals surface area contributed by atoms with Crippen molar-refractivity contribution in [1.82, 2.24) is 9.91 Å². The van der Waals surface area contributed by atoms with E-state index in [-0.39, 0.29) is 17.9 Å². The number of hydrogen-bond donors (Lipinski definition) is 0. The van der Waals surface area contributed by atoms with E-state index in [0.29, 0.717) is 25.4 Å². The van der Waals surface area contributed by atoms with Crippen LogP contribution in [0.3, 0.4) is 0 Å². The second-order valence-electron chi connectivity index (χ2n) is 7.31. The lowest BCUT2D eigenvalue weighted by atomic mass is 9.83. The van der Waals surface area contributed by atoms with Gasteiger partial charge in [0.25, 0.3) is 0 Å². The number of carbonyl (C=O) groups excluding carboxylic acids is 1. The van der Waals surface area contributed by atoms with Crippen LogP contribution in [0.5, 0.6) is 0 Å². The molecule has 1 saturated heterocycles. The monoisotopic (exact) mass is 393 g/mol. The number of hydrazone groups is 1. The maximum absolute atomic E-state index is 12.7. The topological polar surface area (TPSA) is 35.9 Å². The lowest BCUT2D eigenvalue weighted by Crippen LogP contribution is -2.46. The Hall–Kier alpha value is -2.59. The van der Waals surface area contributed by atoms with E-state index in [9.17, 15) is 4.79 Å². The Balaban J connectivity index is 1.72. The number of likely N-dealkylation sites (tertiary alicyclic amines) is 1. The summed E-state index contributed by atoms with van der Waals surface area (Å²) in [6, 6.07) is 20.8. The molecule has 2 aliphatic heterocycles. The van der Waals surface area contributed by atoms with Crippen molar-refractivity contribution in [3.05, 3.63) is 77.4 Å². The molecular weight excluding hydrogens is 370 g/mol. The number of halogens is 1. The van der Waals surface area contributed by atoms with E-state index in [2.05, 4.69) is 42.5 Å². The van der Waals surface area contributed by atoms with E-state index in [1.54, 1.807) is 0 Å². The molecule has 2 aliphatic rings. The lowest BCUT2D eigenvalue weighted by Gasteiger charge is -2.36. The Morgan fingerprint density at radius 3 is 2.50 bits per heavy atom. The summed E-state index contributed by atoms with van der Waals surface area (Å²) >= 11 is 5.85. The molecule has 0 N–H and O–H groups in total. The van der Waals surface area contributed by atoms with Crippen LogP contribution in [0.4, 0.5) is 0 Å². The van der Waals surface area contributed by atoms with Gasteiger partial charge in [-0.3, -0.25) is 9.80 Å². The maximum atomic E-state index is 12.7. The van der Waals surface area contributed by atoms with Crippen molar-refractivity contribution < 1.29 is 4.79 Å². The molecule has 0 aromatic heterocycles.